The third-order valence-corrected chi connectivity index (χ3v) is 7.86. The van der Waals surface area contributed by atoms with Crippen molar-refractivity contribution < 1.29 is 13.2 Å². The molecule has 0 spiro atoms. The summed E-state index contributed by atoms with van der Waals surface area (Å²) in [7, 11) is -1.90. The van der Waals surface area contributed by atoms with Gasteiger partial charge in [-0.25, -0.2) is 13.1 Å². The van der Waals surface area contributed by atoms with Crippen LogP contribution in [0.2, 0.25) is 0 Å². The van der Waals surface area contributed by atoms with Gasteiger partial charge in [-0.1, -0.05) is 31.0 Å². The summed E-state index contributed by atoms with van der Waals surface area (Å²) in [6, 6.07) is 14.9. The van der Waals surface area contributed by atoms with Crippen LogP contribution in [-0.4, -0.2) is 66.8 Å². The molecule has 1 atom stereocenters. The van der Waals surface area contributed by atoms with E-state index in [1.54, 1.807) is 31.4 Å². The fourth-order valence-corrected chi connectivity index (χ4v) is 5.56. The third-order valence-electron chi connectivity index (χ3n) is 6.28. The lowest BCUT2D eigenvalue weighted by Gasteiger charge is -2.39. The lowest BCUT2D eigenvalue weighted by atomic mass is 10.1. The minimum atomic E-state index is -3.57. The first kappa shape index (κ1) is 24.2. The van der Waals surface area contributed by atoms with Crippen LogP contribution < -0.4 is 9.64 Å². The molecular formula is C24H32N6O3S. The highest BCUT2D eigenvalue weighted by Gasteiger charge is 2.30. The van der Waals surface area contributed by atoms with E-state index in [9.17, 15) is 8.42 Å². The van der Waals surface area contributed by atoms with Gasteiger partial charge >= 0.3 is 0 Å². The van der Waals surface area contributed by atoms with Crippen LogP contribution >= 0.6 is 0 Å². The predicted molar refractivity (Wildman–Crippen MR) is 131 cm³/mol. The molecule has 1 aliphatic heterocycles. The molecule has 1 unspecified atom stereocenters. The normalized spacial score (nSPS) is 15.9. The molecule has 34 heavy (non-hydrogen) atoms. The van der Waals surface area contributed by atoms with Crippen LogP contribution in [0.4, 0.5) is 5.69 Å². The summed E-state index contributed by atoms with van der Waals surface area (Å²) < 4.78 is 32.8. The van der Waals surface area contributed by atoms with Crippen LogP contribution in [0.25, 0.3) is 0 Å². The smallest absolute Gasteiger partial charge is 0.198 e. The van der Waals surface area contributed by atoms with Gasteiger partial charge in [0.25, 0.3) is 0 Å². The van der Waals surface area contributed by atoms with Crippen LogP contribution in [0.15, 0.2) is 53.4 Å². The number of piperazine rings is 1. The molecule has 0 aliphatic carbocycles. The van der Waals surface area contributed by atoms with Gasteiger partial charge in [0.2, 0.25) is 0 Å². The molecule has 2 heterocycles. The van der Waals surface area contributed by atoms with E-state index in [0.717, 1.165) is 50.3 Å². The number of sulfone groups is 1. The lowest BCUT2D eigenvalue weighted by Crippen LogP contribution is -2.48. The number of ether oxygens (including phenoxy) is 1. The van der Waals surface area contributed by atoms with E-state index in [1.807, 2.05) is 19.1 Å². The first-order valence-corrected chi connectivity index (χ1v) is 13.2. The predicted octanol–water partition coefficient (Wildman–Crippen LogP) is 3.08. The van der Waals surface area contributed by atoms with Gasteiger partial charge in [-0.05, 0) is 60.2 Å². The molecule has 0 bridgehead atoms. The number of hydrogen-bond donors (Lipinski definition) is 0. The number of tetrazole rings is 1. The number of methoxy groups -OCH3 is 1. The van der Waals surface area contributed by atoms with Crippen LogP contribution in [0.5, 0.6) is 5.75 Å². The zero-order chi connectivity index (χ0) is 24.1. The topological polar surface area (TPSA) is 93.5 Å². The second kappa shape index (κ2) is 10.5. The van der Waals surface area contributed by atoms with Gasteiger partial charge in [0.05, 0.1) is 18.0 Å². The Balaban J connectivity index is 1.48. The highest BCUT2D eigenvalue weighted by atomic mass is 32.2. The molecular weight excluding hydrogens is 452 g/mol. The Bertz CT molecular complexity index is 1170. The van der Waals surface area contributed by atoms with Crippen molar-refractivity contribution in [2.45, 2.75) is 43.5 Å². The minimum absolute atomic E-state index is 0.0359. The molecule has 0 saturated carbocycles. The average Bonchev–Trinajstić information content (AvgIpc) is 3.30. The summed E-state index contributed by atoms with van der Waals surface area (Å²) in [5, 5.41) is 12.2. The van der Waals surface area contributed by atoms with E-state index >= 15 is 0 Å². The molecule has 10 heteroatoms. The Labute approximate surface area is 201 Å². The fraction of sp³-hybridized carbons (Fsp3) is 0.458. The molecule has 3 aromatic rings. The molecule has 2 aromatic carbocycles. The van der Waals surface area contributed by atoms with Crippen molar-refractivity contribution in [3.8, 4) is 5.75 Å². The number of anilines is 1. The lowest BCUT2D eigenvalue weighted by molar-refractivity contribution is 0.165. The maximum absolute atomic E-state index is 13.0. The van der Waals surface area contributed by atoms with Crippen LogP contribution in [0.1, 0.15) is 37.2 Å². The van der Waals surface area contributed by atoms with E-state index in [-0.39, 0.29) is 16.8 Å². The largest absolute Gasteiger partial charge is 0.497 e. The van der Waals surface area contributed by atoms with Crippen molar-refractivity contribution in [2.75, 3.05) is 38.2 Å². The van der Waals surface area contributed by atoms with Gasteiger partial charge in [0, 0.05) is 31.9 Å². The standard InChI is InChI=1S/C24H32N6O3S/c1-4-5-23(29-16-14-28(15-17-29)20-8-10-21(33-3)11-9-20)24-25-26-27-30(24)18-34(31,32)22-12-6-19(2)7-13-22/h6-13,23H,4-5,14-18H2,1-3H3. The van der Waals surface area contributed by atoms with Crippen molar-refractivity contribution in [1.29, 1.82) is 0 Å². The van der Waals surface area contributed by atoms with Gasteiger partial charge < -0.3 is 9.64 Å². The summed E-state index contributed by atoms with van der Waals surface area (Å²) in [6.45, 7) is 7.48. The number of hydrogen-bond acceptors (Lipinski definition) is 8. The molecule has 1 aromatic heterocycles. The second-order valence-corrected chi connectivity index (χ2v) is 10.6. The van der Waals surface area contributed by atoms with E-state index in [1.165, 1.54) is 10.4 Å². The molecule has 4 rings (SSSR count). The summed E-state index contributed by atoms with van der Waals surface area (Å²) >= 11 is 0. The molecule has 0 amide bonds. The zero-order valence-corrected chi connectivity index (χ0v) is 20.8. The van der Waals surface area contributed by atoms with Crippen molar-refractivity contribution in [2.24, 2.45) is 0 Å². The van der Waals surface area contributed by atoms with E-state index in [4.69, 9.17) is 4.74 Å². The van der Waals surface area contributed by atoms with Gasteiger partial charge in [0.1, 0.15) is 5.75 Å². The molecule has 182 valence electrons. The maximum Gasteiger partial charge on any atom is 0.198 e. The summed E-state index contributed by atoms with van der Waals surface area (Å²) in [4.78, 5) is 4.99. The zero-order valence-electron chi connectivity index (χ0n) is 20.0. The number of nitrogens with zero attached hydrogens (tertiary/aromatic N) is 6. The Morgan fingerprint density at radius 1 is 1.00 bits per heavy atom. The highest BCUT2D eigenvalue weighted by molar-refractivity contribution is 7.90. The Hall–Kier alpha value is -2.98. The molecule has 9 nitrogen and oxygen atoms in total. The number of benzene rings is 2. The van der Waals surface area contributed by atoms with Crippen LogP contribution in [-0.2, 0) is 15.7 Å². The average molecular weight is 485 g/mol. The van der Waals surface area contributed by atoms with Crippen molar-refractivity contribution in [3.05, 3.63) is 59.9 Å². The molecule has 0 N–H and O–H groups in total. The number of aryl methyl sites for hydroxylation is 1. The van der Waals surface area contributed by atoms with Gasteiger partial charge in [0.15, 0.2) is 21.5 Å². The summed E-state index contributed by atoms with van der Waals surface area (Å²) in [5.74, 6) is 1.18. The summed E-state index contributed by atoms with van der Waals surface area (Å²) in [5.41, 5.74) is 2.18. The molecule has 1 aliphatic rings. The van der Waals surface area contributed by atoms with Crippen molar-refractivity contribution in [3.63, 3.8) is 0 Å². The SMILES string of the molecule is CCCC(c1nnnn1CS(=O)(=O)c1ccc(C)cc1)N1CCN(c2ccc(OC)cc2)CC1. The van der Waals surface area contributed by atoms with Gasteiger partial charge in [-0.15, -0.1) is 5.10 Å². The van der Waals surface area contributed by atoms with Crippen molar-refractivity contribution >= 4 is 15.5 Å². The fourth-order valence-electron chi connectivity index (χ4n) is 4.36. The van der Waals surface area contributed by atoms with E-state index < -0.39 is 9.84 Å². The first-order chi connectivity index (χ1) is 16.4. The monoisotopic (exact) mass is 484 g/mol. The minimum Gasteiger partial charge on any atom is -0.497 e. The Morgan fingerprint density at radius 2 is 1.68 bits per heavy atom. The second-order valence-electron chi connectivity index (χ2n) is 8.62. The van der Waals surface area contributed by atoms with Crippen LogP contribution in [0.3, 0.4) is 0 Å². The number of rotatable bonds is 9. The quantitative estimate of drug-likeness (QED) is 0.457. The number of aromatic nitrogens is 4. The summed E-state index contributed by atoms with van der Waals surface area (Å²) in [6.07, 6.45) is 1.80. The van der Waals surface area contributed by atoms with Gasteiger partial charge in [-0.3, -0.25) is 4.90 Å². The molecule has 1 saturated heterocycles. The van der Waals surface area contributed by atoms with Crippen LogP contribution in [0, 0.1) is 6.92 Å². The van der Waals surface area contributed by atoms with E-state index in [0.29, 0.717) is 5.82 Å². The highest BCUT2D eigenvalue weighted by Crippen LogP contribution is 2.28. The first-order valence-electron chi connectivity index (χ1n) is 11.6. The van der Waals surface area contributed by atoms with Gasteiger partial charge in [-0.2, -0.15) is 0 Å². The van der Waals surface area contributed by atoms with E-state index in [2.05, 4.69) is 44.4 Å². The third kappa shape index (κ3) is 5.39. The molecule has 1 fully saturated rings. The van der Waals surface area contributed by atoms with Crippen molar-refractivity contribution in [1.82, 2.24) is 25.1 Å². The Kier molecular flexibility index (Phi) is 7.47. The maximum atomic E-state index is 13.0. The molecule has 0 radical (unpaired) electrons. The Morgan fingerprint density at radius 3 is 2.29 bits per heavy atom.